The lowest BCUT2D eigenvalue weighted by atomic mass is 10.1. The van der Waals surface area contributed by atoms with Gasteiger partial charge in [-0.25, -0.2) is 0 Å². The Kier molecular flexibility index (Phi) is 12.6. The second-order valence-corrected chi connectivity index (χ2v) is 17.8. The SMILES string of the molecule is CC(C)[Si](C(C)C)(C(C)C)n1ccc(CCCCCCCCCC=C(Br)Br)c1. The smallest absolute Gasteiger partial charge is 0.168 e. The van der Waals surface area contributed by atoms with E-state index in [9.17, 15) is 0 Å². The van der Waals surface area contributed by atoms with Crippen molar-refractivity contribution in [3.05, 3.63) is 33.5 Å². The molecule has 0 radical (unpaired) electrons. The van der Waals surface area contributed by atoms with Gasteiger partial charge in [0.05, 0.1) is 3.39 Å². The lowest BCUT2D eigenvalue weighted by Gasteiger charge is -2.44. The van der Waals surface area contributed by atoms with Crippen LogP contribution in [-0.4, -0.2) is 12.5 Å². The van der Waals surface area contributed by atoms with Crippen molar-refractivity contribution in [2.24, 2.45) is 0 Å². The maximum atomic E-state index is 3.42. The Morgan fingerprint density at radius 3 is 1.86 bits per heavy atom. The van der Waals surface area contributed by atoms with Gasteiger partial charge in [-0.05, 0) is 98.2 Å². The van der Waals surface area contributed by atoms with Gasteiger partial charge in [0.25, 0.3) is 0 Å². The van der Waals surface area contributed by atoms with Gasteiger partial charge in [0, 0.05) is 0 Å². The van der Waals surface area contributed by atoms with Crippen molar-refractivity contribution in [3.8, 4) is 0 Å². The highest BCUT2D eigenvalue weighted by Crippen LogP contribution is 2.42. The second kappa shape index (κ2) is 13.5. The second-order valence-electron chi connectivity index (χ2n) is 9.29. The molecule has 0 bridgehead atoms. The van der Waals surface area contributed by atoms with Crippen LogP contribution in [0.1, 0.15) is 98.5 Å². The summed E-state index contributed by atoms with van der Waals surface area (Å²) in [6.45, 7) is 14.7. The first-order valence-electron chi connectivity index (χ1n) is 11.4. The van der Waals surface area contributed by atoms with Crippen molar-refractivity contribution in [2.45, 2.75) is 116 Å². The molecule has 162 valence electrons. The van der Waals surface area contributed by atoms with Crippen LogP contribution in [-0.2, 0) is 6.42 Å². The van der Waals surface area contributed by atoms with E-state index in [1.807, 2.05) is 0 Å². The Morgan fingerprint density at radius 1 is 0.857 bits per heavy atom. The van der Waals surface area contributed by atoms with Gasteiger partial charge in [-0.2, -0.15) is 0 Å². The number of hydrogen-bond donors (Lipinski definition) is 0. The molecule has 0 saturated carbocycles. The van der Waals surface area contributed by atoms with Crippen molar-refractivity contribution < 1.29 is 0 Å². The highest BCUT2D eigenvalue weighted by atomic mass is 79.9. The molecule has 1 aromatic rings. The average molecular weight is 534 g/mol. The summed E-state index contributed by atoms with van der Waals surface area (Å²) in [5.74, 6) is 0. The summed E-state index contributed by atoms with van der Waals surface area (Å²) in [4.78, 5) is 0. The van der Waals surface area contributed by atoms with Gasteiger partial charge in [0.15, 0.2) is 8.24 Å². The highest BCUT2D eigenvalue weighted by molar-refractivity contribution is 9.28. The van der Waals surface area contributed by atoms with Gasteiger partial charge >= 0.3 is 0 Å². The maximum Gasteiger partial charge on any atom is 0.168 e. The van der Waals surface area contributed by atoms with Crippen LogP contribution in [0, 0.1) is 0 Å². The fraction of sp³-hybridized carbons (Fsp3) is 0.750. The van der Waals surface area contributed by atoms with Gasteiger partial charge in [-0.3, -0.25) is 0 Å². The zero-order valence-corrected chi connectivity index (χ0v) is 23.3. The molecule has 0 N–H and O–H groups in total. The minimum Gasteiger partial charge on any atom is -0.379 e. The minimum absolute atomic E-state index is 0.763. The van der Waals surface area contributed by atoms with Gasteiger partial charge in [-0.15, -0.1) is 0 Å². The average Bonchev–Trinajstić information content (AvgIpc) is 3.04. The van der Waals surface area contributed by atoms with Crippen molar-refractivity contribution in [1.82, 2.24) is 4.23 Å². The van der Waals surface area contributed by atoms with Gasteiger partial charge in [-0.1, -0.05) is 79.7 Å². The quantitative estimate of drug-likeness (QED) is 0.166. The standard InChI is InChI=1S/C24H43Br2NSi/c1-20(2)28(21(3)4,22(5)6)27-18-17-23(19-27)15-13-11-9-7-8-10-12-14-16-24(25)26/h16-22H,7-15H2,1-6H3. The number of allylic oxidation sites excluding steroid dienone is 1. The Hall–Kier alpha value is 0.197. The highest BCUT2D eigenvalue weighted by Gasteiger charge is 2.44. The monoisotopic (exact) mass is 531 g/mol. The van der Waals surface area contributed by atoms with Crippen molar-refractivity contribution in [2.75, 3.05) is 0 Å². The normalized spacial score (nSPS) is 12.4. The van der Waals surface area contributed by atoms with Gasteiger partial charge in [0.2, 0.25) is 0 Å². The number of aryl methyl sites for hydroxylation is 1. The number of hydrogen-bond acceptors (Lipinski definition) is 0. The maximum absolute atomic E-state index is 3.42. The minimum atomic E-state index is -1.56. The van der Waals surface area contributed by atoms with Crippen LogP contribution in [0.15, 0.2) is 27.9 Å². The number of halogens is 2. The summed E-state index contributed by atoms with van der Waals surface area (Å²) < 4.78 is 3.77. The molecule has 4 heteroatoms. The van der Waals surface area contributed by atoms with Crippen molar-refractivity contribution >= 4 is 40.1 Å². The van der Waals surface area contributed by atoms with Crippen LogP contribution in [0.25, 0.3) is 0 Å². The van der Waals surface area contributed by atoms with E-state index in [1.165, 1.54) is 57.8 Å². The first-order chi connectivity index (χ1) is 13.2. The van der Waals surface area contributed by atoms with E-state index in [0.717, 1.165) is 20.0 Å². The predicted molar refractivity (Wildman–Crippen MR) is 137 cm³/mol. The third kappa shape index (κ3) is 7.79. The first kappa shape index (κ1) is 26.2. The number of aromatic nitrogens is 1. The molecule has 1 heterocycles. The predicted octanol–water partition coefficient (Wildman–Crippen LogP) is 9.81. The van der Waals surface area contributed by atoms with E-state index in [0.29, 0.717) is 0 Å². The fourth-order valence-electron chi connectivity index (χ4n) is 5.29. The molecule has 1 aromatic heterocycles. The Balaban J connectivity index is 2.38. The van der Waals surface area contributed by atoms with Crippen LogP contribution in [0.3, 0.4) is 0 Å². The van der Waals surface area contributed by atoms with Crippen molar-refractivity contribution in [1.29, 1.82) is 0 Å². The molecule has 0 aliphatic heterocycles. The molecule has 0 saturated heterocycles. The molecule has 0 unspecified atom stereocenters. The lowest BCUT2D eigenvalue weighted by Crippen LogP contribution is -2.51. The van der Waals surface area contributed by atoms with E-state index >= 15 is 0 Å². The van der Waals surface area contributed by atoms with Crippen LogP contribution >= 0.6 is 31.9 Å². The molecular weight excluding hydrogens is 490 g/mol. The zero-order chi connectivity index (χ0) is 21.2. The molecule has 0 atom stereocenters. The summed E-state index contributed by atoms with van der Waals surface area (Å²) in [5, 5.41) is 0. The summed E-state index contributed by atoms with van der Waals surface area (Å²) in [6, 6.07) is 2.39. The Morgan fingerprint density at radius 2 is 1.36 bits per heavy atom. The first-order valence-corrected chi connectivity index (χ1v) is 15.2. The van der Waals surface area contributed by atoms with Crippen LogP contribution in [0.5, 0.6) is 0 Å². The van der Waals surface area contributed by atoms with Gasteiger partial charge in [0.1, 0.15) is 0 Å². The molecule has 1 nitrogen and oxygen atoms in total. The van der Waals surface area contributed by atoms with Gasteiger partial charge < -0.3 is 4.23 Å². The lowest BCUT2D eigenvalue weighted by molar-refractivity contribution is 0.581. The zero-order valence-electron chi connectivity index (χ0n) is 19.1. The number of unbranched alkanes of at least 4 members (excludes halogenated alkanes) is 7. The summed E-state index contributed by atoms with van der Waals surface area (Å²) >= 11 is 6.83. The van der Waals surface area contributed by atoms with Crippen LogP contribution < -0.4 is 0 Å². The third-order valence-corrected chi connectivity index (χ3v) is 13.8. The van der Waals surface area contributed by atoms with E-state index < -0.39 is 8.24 Å². The van der Waals surface area contributed by atoms with Crippen LogP contribution in [0.2, 0.25) is 16.6 Å². The third-order valence-electron chi connectivity index (χ3n) is 6.44. The number of nitrogens with zero attached hydrogens (tertiary/aromatic N) is 1. The molecule has 0 spiro atoms. The topological polar surface area (TPSA) is 4.93 Å². The largest absolute Gasteiger partial charge is 0.379 e. The number of rotatable bonds is 14. The molecule has 28 heavy (non-hydrogen) atoms. The van der Waals surface area contributed by atoms with E-state index in [1.54, 1.807) is 5.56 Å². The van der Waals surface area contributed by atoms with E-state index in [-0.39, 0.29) is 0 Å². The van der Waals surface area contributed by atoms with Crippen LogP contribution in [0.4, 0.5) is 0 Å². The molecular formula is C24H43Br2NSi. The fourth-order valence-corrected chi connectivity index (χ4v) is 12.3. The summed E-state index contributed by atoms with van der Waals surface area (Å²) in [6.07, 6.45) is 19.1. The molecule has 0 aliphatic carbocycles. The summed E-state index contributed by atoms with van der Waals surface area (Å²) in [7, 11) is -1.56. The molecule has 0 aromatic carbocycles. The Labute approximate surface area is 193 Å². The molecule has 0 aliphatic rings. The molecule has 0 amide bonds. The van der Waals surface area contributed by atoms with E-state index in [4.69, 9.17) is 0 Å². The Bertz CT molecular complexity index is 549. The molecule has 0 fully saturated rings. The summed E-state index contributed by atoms with van der Waals surface area (Å²) in [5.41, 5.74) is 3.84. The van der Waals surface area contributed by atoms with E-state index in [2.05, 4.69) is 102 Å². The van der Waals surface area contributed by atoms with Crippen molar-refractivity contribution in [3.63, 3.8) is 0 Å². The molecule has 1 rings (SSSR count).